The van der Waals surface area contributed by atoms with Crippen molar-refractivity contribution in [2.75, 3.05) is 6.61 Å². The number of rotatable bonds is 4. The molecule has 0 aliphatic carbocycles. The predicted octanol–water partition coefficient (Wildman–Crippen LogP) is 2.90. The molecule has 0 aliphatic heterocycles. The minimum atomic E-state index is -0.382. The molecule has 0 amide bonds. The Morgan fingerprint density at radius 3 is 2.77 bits per heavy atom. The molecule has 2 nitrogen and oxygen atoms in total. The summed E-state index contributed by atoms with van der Waals surface area (Å²) in [6, 6.07) is 0. The van der Waals surface area contributed by atoms with E-state index in [4.69, 9.17) is 4.74 Å². The van der Waals surface area contributed by atoms with E-state index in [1.54, 1.807) is 11.3 Å². The van der Waals surface area contributed by atoms with E-state index in [1.807, 2.05) is 26.2 Å². The lowest BCUT2D eigenvalue weighted by Gasteiger charge is -2.10. The lowest BCUT2D eigenvalue weighted by Crippen LogP contribution is -2.00. The van der Waals surface area contributed by atoms with Crippen LogP contribution in [0.5, 0.6) is 5.75 Å². The van der Waals surface area contributed by atoms with E-state index in [0.29, 0.717) is 6.61 Å². The van der Waals surface area contributed by atoms with Crippen molar-refractivity contribution in [1.82, 2.24) is 0 Å². The van der Waals surface area contributed by atoms with E-state index in [1.165, 1.54) is 0 Å². The summed E-state index contributed by atoms with van der Waals surface area (Å²) in [5.74, 6) is 0.847. The van der Waals surface area contributed by atoms with Crippen LogP contribution >= 0.6 is 11.3 Å². The monoisotopic (exact) mass is 200 g/mol. The van der Waals surface area contributed by atoms with Crippen LogP contribution in [0.25, 0.3) is 0 Å². The quantitative estimate of drug-likeness (QED) is 0.809. The van der Waals surface area contributed by atoms with E-state index >= 15 is 0 Å². The fourth-order valence-corrected chi connectivity index (χ4v) is 2.16. The Hall–Kier alpha value is -0.540. The summed E-state index contributed by atoms with van der Waals surface area (Å²) in [5.41, 5.74) is 0.967. The lowest BCUT2D eigenvalue weighted by atomic mass is 10.1. The number of aliphatic hydroxyl groups excluding tert-OH is 1. The molecule has 1 aromatic rings. The highest BCUT2D eigenvalue weighted by Gasteiger charge is 2.16. The Bertz CT molecular complexity index is 268. The SMILES string of the molecule is CCOc1csc(C)c1C(O)CC. The van der Waals surface area contributed by atoms with Crippen LogP contribution in [0.3, 0.4) is 0 Å². The number of aryl methyl sites for hydroxylation is 1. The molecule has 1 rings (SSSR count). The Kier molecular flexibility index (Phi) is 3.75. The highest BCUT2D eigenvalue weighted by Crippen LogP contribution is 2.35. The van der Waals surface area contributed by atoms with Gasteiger partial charge >= 0.3 is 0 Å². The maximum absolute atomic E-state index is 9.73. The summed E-state index contributed by atoms with van der Waals surface area (Å²) in [6.45, 7) is 6.59. The second-order valence-electron chi connectivity index (χ2n) is 2.93. The number of hydrogen-bond donors (Lipinski definition) is 1. The average molecular weight is 200 g/mol. The molecule has 3 heteroatoms. The maximum atomic E-state index is 9.73. The van der Waals surface area contributed by atoms with Crippen molar-refractivity contribution < 1.29 is 9.84 Å². The summed E-state index contributed by atoms with van der Waals surface area (Å²) >= 11 is 1.63. The largest absolute Gasteiger partial charge is 0.493 e. The number of thiophene rings is 1. The molecule has 0 saturated heterocycles. The van der Waals surface area contributed by atoms with Crippen molar-refractivity contribution in [1.29, 1.82) is 0 Å². The van der Waals surface area contributed by atoms with E-state index in [2.05, 4.69) is 0 Å². The molecule has 0 spiro atoms. The van der Waals surface area contributed by atoms with Crippen LogP contribution in [-0.4, -0.2) is 11.7 Å². The molecule has 0 aliphatic rings. The van der Waals surface area contributed by atoms with Crippen molar-refractivity contribution >= 4 is 11.3 Å². The van der Waals surface area contributed by atoms with Gasteiger partial charge in [-0.2, -0.15) is 0 Å². The van der Waals surface area contributed by atoms with Crippen LogP contribution in [0.15, 0.2) is 5.38 Å². The van der Waals surface area contributed by atoms with Gasteiger partial charge in [0.2, 0.25) is 0 Å². The number of hydrogen-bond acceptors (Lipinski definition) is 3. The van der Waals surface area contributed by atoms with Crippen molar-refractivity contribution in [3.8, 4) is 5.75 Å². The minimum Gasteiger partial charge on any atom is -0.493 e. The Balaban J connectivity index is 2.93. The molecule has 0 fully saturated rings. The summed E-state index contributed by atoms with van der Waals surface area (Å²) in [4.78, 5) is 1.15. The van der Waals surface area contributed by atoms with Gasteiger partial charge in [-0.05, 0) is 20.3 Å². The zero-order valence-electron chi connectivity index (χ0n) is 8.33. The van der Waals surface area contributed by atoms with Gasteiger partial charge in [-0.15, -0.1) is 11.3 Å². The van der Waals surface area contributed by atoms with Gasteiger partial charge in [-0.25, -0.2) is 0 Å². The molecule has 1 atom stereocenters. The molecule has 0 radical (unpaired) electrons. The van der Waals surface area contributed by atoms with Gasteiger partial charge in [0.15, 0.2) is 0 Å². The highest BCUT2D eigenvalue weighted by molar-refractivity contribution is 7.10. The molecule has 1 N–H and O–H groups in total. The molecule has 0 saturated carbocycles. The second kappa shape index (κ2) is 4.63. The number of ether oxygens (including phenoxy) is 1. The van der Waals surface area contributed by atoms with E-state index in [9.17, 15) is 5.11 Å². The van der Waals surface area contributed by atoms with Gasteiger partial charge in [0.05, 0.1) is 12.7 Å². The highest BCUT2D eigenvalue weighted by atomic mass is 32.1. The third-order valence-electron chi connectivity index (χ3n) is 2.01. The third kappa shape index (κ3) is 2.23. The Labute approximate surface area is 83.2 Å². The summed E-state index contributed by atoms with van der Waals surface area (Å²) in [7, 11) is 0. The van der Waals surface area contributed by atoms with Crippen molar-refractivity contribution in [2.24, 2.45) is 0 Å². The van der Waals surface area contributed by atoms with Crippen LogP contribution in [0, 0.1) is 6.92 Å². The summed E-state index contributed by atoms with van der Waals surface area (Å²) < 4.78 is 5.43. The first-order chi connectivity index (χ1) is 6.20. The Morgan fingerprint density at radius 1 is 1.54 bits per heavy atom. The standard InChI is InChI=1S/C10H16O2S/c1-4-8(11)10-7(3)13-6-9(10)12-5-2/h6,8,11H,4-5H2,1-3H3. The van der Waals surface area contributed by atoms with Gasteiger partial charge in [0.1, 0.15) is 5.75 Å². The molecule has 1 heterocycles. The molecule has 0 aromatic carbocycles. The van der Waals surface area contributed by atoms with Gasteiger partial charge in [-0.1, -0.05) is 6.92 Å². The first-order valence-corrected chi connectivity index (χ1v) is 5.47. The predicted molar refractivity (Wildman–Crippen MR) is 55.5 cm³/mol. The smallest absolute Gasteiger partial charge is 0.136 e. The van der Waals surface area contributed by atoms with Gasteiger partial charge in [0, 0.05) is 15.8 Å². The third-order valence-corrected chi connectivity index (χ3v) is 2.91. The van der Waals surface area contributed by atoms with Crippen molar-refractivity contribution in [3.05, 3.63) is 15.8 Å². The molecule has 0 bridgehead atoms. The fraction of sp³-hybridized carbons (Fsp3) is 0.600. The normalized spacial score (nSPS) is 12.9. The molecular formula is C10H16O2S. The van der Waals surface area contributed by atoms with Crippen LogP contribution < -0.4 is 4.74 Å². The zero-order valence-corrected chi connectivity index (χ0v) is 9.15. The minimum absolute atomic E-state index is 0.382. The first-order valence-electron chi connectivity index (χ1n) is 4.59. The van der Waals surface area contributed by atoms with Gasteiger partial charge < -0.3 is 9.84 Å². The van der Waals surface area contributed by atoms with E-state index < -0.39 is 0 Å². The zero-order chi connectivity index (χ0) is 9.84. The Morgan fingerprint density at radius 2 is 2.23 bits per heavy atom. The van der Waals surface area contributed by atoms with Crippen molar-refractivity contribution in [2.45, 2.75) is 33.3 Å². The van der Waals surface area contributed by atoms with E-state index in [0.717, 1.165) is 22.6 Å². The summed E-state index contributed by atoms with van der Waals surface area (Å²) in [6.07, 6.45) is 0.352. The average Bonchev–Trinajstić information content (AvgIpc) is 2.47. The lowest BCUT2D eigenvalue weighted by molar-refractivity contribution is 0.168. The van der Waals surface area contributed by atoms with Crippen LogP contribution in [-0.2, 0) is 0 Å². The molecule has 74 valence electrons. The first kappa shape index (κ1) is 10.5. The van der Waals surface area contributed by atoms with Crippen LogP contribution in [0.2, 0.25) is 0 Å². The maximum Gasteiger partial charge on any atom is 0.136 e. The molecule has 1 aromatic heterocycles. The van der Waals surface area contributed by atoms with Crippen LogP contribution in [0.4, 0.5) is 0 Å². The van der Waals surface area contributed by atoms with Crippen molar-refractivity contribution in [3.63, 3.8) is 0 Å². The van der Waals surface area contributed by atoms with Gasteiger partial charge in [-0.3, -0.25) is 0 Å². The number of aliphatic hydroxyl groups is 1. The van der Waals surface area contributed by atoms with Crippen LogP contribution in [0.1, 0.15) is 36.8 Å². The molecule has 1 unspecified atom stereocenters. The molecule has 13 heavy (non-hydrogen) atoms. The van der Waals surface area contributed by atoms with Gasteiger partial charge in [0.25, 0.3) is 0 Å². The van der Waals surface area contributed by atoms with E-state index in [-0.39, 0.29) is 6.10 Å². The second-order valence-corrected chi connectivity index (χ2v) is 4.01. The fourth-order valence-electron chi connectivity index (χ4n) is 1.31. The molecular weight excluding hydrogens is 184 g/mol. The summed E-state index contributed by atoms with van der Waals surface area (Å²) in [5, 5.41) is 11.7. The topological polar surface area (TPSA) is 29.5 Å².